The van der Waals surface area contributed by atoms with Gasteiger partial charge >= 0.3 is 0 Å². The van der Waals surface area contributed by atoms with Crippen molar-refractivity contribution in [1.29, 1.82) is 0 Å². The third-order valence-electron chi connectivity index (χ3n) is 26.9. The molecule has 0 aliphatic rings. The van der Waals surface area contributed by atoms with E-state index >= 15 is 0 Å². The minimum atomic E-state index is 1.23. The molecule has 0 saturated carbocycles. The molecule has 0 amide bonds. The van der Waals surface area contributed by atoms with Crippen LogP contribution in [0, 0.1) is 0 Å². The second-order valence-corrected chi connectivity index (χ2v) is 34.3. The van der Waals surface area contributed by atoms with Crippen molar-refractivity contribution in [3.05, 3.63) is 510 Å². The van der Waals surface area contributed by atoms with E-state index in [0.29, 0.717) is 0 Å². The Kier molecular flexibility index (Phi) is 19.4. The second kappa shape index (κ2) is 32.9. The van der Waals surface area contributed by atoms with Gasteiger partial charge in [-0.05, 0) is 276 Å². The van der Waals surface area contributed by atoms with Crippen molar-refractivity contribution in [1.82, 2.24) is 0 Å². The first-order valence-electron chi connectivity index (χ1n) is 45.1. The fraction of sp³-hybridized carbons (Fsp3) is 0. The van der Waals surface area contributed by atoms with E-state index in [2.05, 4.69) is 510 Å². The molecule has 0 fully saturated rings. The predicted molar refractivity (Wildman–Crippen MR) is 561 cm³/mol. The van der Waals surface area contributed by atoms with Gasteiger partial charge in [-0.1, -0.05) is 485 Å². The van der Waals surface area contributed by atoms with Crippen LogP contribution in [0.5, 0.6) is 0 Å². The summed E-state index contributed by atoms with van der Waals surface area (Å²) in [5, 5.41) is 33.2. The molecule has 26 rings (SSSR count). The zero-order chi connectivity index (χ0) is 86.0. The summed E-state index contributed by atoms with van der Waals surface area (Å²) in [5.41, 5.74) is 25.2. The lowest BCUT2D eigenvalue weighted by molar-refractivity contribution is 1.62. The average molecular weight is 1650 g/mol. The molecule has 0 atom stereocenters. The normalized spacial score (nSPS) is 11.5. The summed E-state index contributed by atoms with van der Waals surface area (Å²) in [6, 6.07) is 186. The van der Waals surface area contributed by atoms with Crippen LogP contribution in [-0.2, 0) is 0 Å². The maximum atomic E-state index is 2.34. The highest BCUT2D eigenvalue weighted by atomic mass is 14.3. The van der Waals surface area contributed by atoms with E-state index in [1.807, 2.05) is 0 Å². The van der Waals surface area contributed by atoms with Crippen LogP contribution in [0.4, 0.5) is 0 Å². The third kappa shape index (κ3) is 13.7. The quantitative estimate of drug-likeness (QED) is 0.0946. The van der Waals surface area contributed by atoms with E-state index < -0.39 is 0 Å². The molecule has 0 aliphatic heterocycles. The molecule has 0 spiro atoms. The maximum absolute atomic E-state index is 2.34. The lowest BCUT2D eigenvalue weighted by atomic mass is 9.84. The summed E-state index contributed by atoms with van der Waals surface area (Å²) in [5.74, 6) is 0. The van der Waals surface area contributed by atoms with E-state index in [9.17, 15) is 0 Å². The van der Waals surface area contributed by atoms with Gasteiger partial charge in [-0.25, -0.2) is 0 Å². The molecule has 0 unspecified atom stereocenters. The average Bonchev–Trinajstić information content (AvgIpc) is 0.732. The topological polar surface area (TPSA) is 0 Å². The fourth-order valence-electron chi connectivity index (χ4n) is 20.8. The lowest BCUT2D eigenvalue weighted by Crippen LogP contribution is -1.91. The molecule has 0 nitrogen and oxygen atoms in total. The van der Waals surface area contributed by atoms with Crippen LogP contribution in [0.15, 0.2) is 510 Å². The van der Waals surface area contributed by atoms with Crippen molar-refractivity contribution in [3.63, 3.8) is 0 Å². The van der Waals surface area contributed by atoms with E-state index in [0.717, 1.165) is 0 Å². The smallest absolute Gasteiger partial charge is 0.00201 e. The Labute approximate surface area is 755 Å². The first-order valence-corrected chi connectivity index (χ1v) is 45.1. The van der Waals surface area contributed by atoms with Gasteiger partial charge < -0.3 is 0 Å². The van der Waals surface area contributed by atoms with Gasteiger partial charge in [0.05, 0.1) is 0 Å². The summed E-state index contributed by atoms with van der Waals surface area (Å²) < 4.78 is 0. The van der Waals surface area contributed by atoms with Gasteiger partial charge in [0.2, 0.25) is 0 Å². The molecule has 130 heavy (non-hydrogen) atoms. The molecule has 0 aliphatic carbocycles. The molecule has 604 valence electrons. The van der Waals surface area contributed by atoms with Crippen LogP contribution in [0.3, 0.4) is 0 Å². The molecule has 26 aromatic rings. The number of benzene rings is 26. The van der Waals surface area contributed by atoms with Crippen molar-refractivity contribution in [2.45, 2.75) is 0 Å². The molecule has 0 radical (unpaired) electrons. The number of hydrogen-bond acceptors (Lipinski definition) is 0. The van der Waals surface area contributed by atoms with Crippen LogP contribution in [0.25, 0.3) is 251 Å². The number of rotatable bonds is 10. The zero-order valence-electron chi connectivity index (χ0n) is 71.5. The van der Waals surface area contributed by atoms with Crippen LogP contribution < -0.4 is 0 Å². The van der Waals surface area contributed by atoms with Crippen LogP contribution in [0.1, 0.15) is 0 Å². The Hall–Kier alpha value is -16.9. The molecule has 0 bridgehead atoms. The Balaban J connectivity index is 0.000000108. The summed E-state index contributed by atoms with van der Waals surface area (Å²) >= 11 is 0. The number of hydrogen-bond donors (Lipinski definition) is 0. The SMILES string of the molecule is c1ccc2cc(-c3c4ccccc4c(-c4ccc(-c5cc6ccccc6c6ccccc56)cc4)c4ccccc34)ccc2c1.c1ccc2cc(-c3ccc(-c4c5ccccc5c(-c5ccc(-c6cccc7ccccc67)cc5)c5ccccc45)cc3)ccc2c1.c1ccc2cc(-c3ccc(-c4c5ccccc5c(-c5cccc6ccccc56)c5ccccc45)cc3)ccc2c1. The van der Waals surface area contributed by atoms with Gasteiger partial charge in [-0.2, -0.15) is 0 Å². The largest absolute Gasteiger partial charge is 0.0616 e. The Morgan fingerprint density at radius 3 is 0.654 bits per heavy atom. The van der Waals surface area contributed by atoms with Crippen LogP contribution in [-0.4, -0.2) is 0 Å². The number of fused-ring (bicyclic) bond motifs is 14. The summed E-state index contributed by atoms with van der Waals surface area (Å²) in [6.07, 6.45) is 0. The highest BCUT2D eigenvalue weighted by Gasteiger charge is 2.23. The minimum Gasteiger partial charge on any atom is -0.0616 e. The monoisotopic (exact) mass is 1640 g/mol. The van der Waals surface area contributed by atoms with Crippen molar-refractivity contribution in [2.75, 3.05) is 0 Å². The van der Waals surface area contributed by atoms with Gasteiger partial charge in [-0.3, -0.25) is 0 Å². The van der Waals surface area contributed by atoms with Gasteiger partial charge in [0.15, 0.2) is 0 Å². The fourth-order valence-corrected chi connectivity index (χ4v) is 20.8. The summed E-state index contributed by atoms with van der Waals surface area (Å²) in [4.78, 5) is 0. The standard InChI is InChI=1S/C46H30.C44H28.C40H26/c1-2-12-37-30-38(29-22-31(37)10-1)32-20-25-35(26-21-32)45-41-15-5-7-17-43(41)46(44-18-8-6-16-42(44)45)36-27-23-34(24-28-36)40-19-9-13-33-11-3-4-14-39(33)40;1-2-12-32-27-34(26-21-29(32)11-1)44-40-19-9-7-17-38(40)43(39-18-8-10-20-41(39)44)31-24-22-30(23-25-31)42-28-33-13-3-4-14-35(33)36-15-5-6-16-37(36)42;1-2-12-31-26-32(25-22-27(31)10-1)28-20-23-30(24-21-28)39-35-15-5-7-17-37(35)40(38-18-8-6-16-36(38)39)34-19-9-13-29-11-3-4-14-33(29)34/h1-30H;1-28H;1-26H. The van der Waals surface area contributed by atoms with Crippen molar-refractivity contribution in [2.24, 2.45) is 0 Å². The lowest BCUT2D eigenvalue weighted by Gasteiger charge is -2.19. The summed E-state index contributed by atoms with van der Waals surface area (Å²) in [7, 11) is 0. The van der Waals surface area contributed by atoms with E-state index in [1.165, 1.54) is 251 Å². The molecule has 0 aromatic heterocycles. The highest BCUT2D eigenvalue weighted by molar-refractivity contribution is 6.26. The molecular formula is C130H84. The Morgan fingerprint density at radius 1 is 0.0769 bits per heavy atom. The molecular weight excluding hydrogens is 1560 g/mol. The Bertz CT molecular complexity index is 8760. The van der Waals surface area contributed by atoms with Crippen molar-refractivity contribution < 1.29 is 0 Å². The van der Waals surface area contributed by atoms with Crippen LogP contribution in [0.2, 0.25) is 0 Å². The minimum absolute atomic E-state index is 1.23. The molecule has 26 aromatic carbocycles. The first-order chi connectivity index (χ1) is 64.5. The molecule has 0 saturated heterocycles. The maximum Gasteiger partial charge on any atom is -0.00201 e. The van der Waals surface area contributed by atoms with Gasteiger partial charge in [0.1, 0.15) is 0 Å². The molecule has 0 heteroatoms. The zero-order valence-corrected chi connectivity index (χ0v) is 71.5. The van der Waals surface area contributed by atoms with Crippen molar-refractivity contribution in [3.8, 4) is 111 Å². The highest BCUT2D eigenvalue weighted by Crippen LogP contribution is 2.50. The van der Waals surface area contributed by atoms with Crippen LogP contribution >= 0.6 is 0 Å². The second-order valence-electron chi connectivity index (χ2n) is 34.3. The predicted octanol–water partition coefficient (Wildman–Crippen LogP) is 36.7. The molecule has 0 N–H and O–H groups in total. The first kappa shape index (κ1) is 76.7. The van der Waals surface area contributed by atoms with E-state index in [1.54, 1.807) is 0 Å². The molecule has 0 heterocycles. The van der Waals surface area contributed by atoms with Crippen molar-refractivity contribution >= 4 is 140 Å². The Morgan fingerprint density at radius 2 is 0.292 bits per heavy atom. The third-order valence-corrected chi connectivity index (χ3v) is 26.9. The van der Waals surface area contributed by atoms with E-state index in [4.69, 9.17) is 0 Å². The van der Waals surface area contributed by atoms with Gasteiger partial charge in [0, 0.05) is 0 Å². The van der Waals surface area contributed by atoms with Gasteiger partial charge in [0.25, 0.3) is 0 Å². The van der Waals surface area contributed by atoms with Gasteiger partial charge in [-0.15, -0.1) is 0 Å². The van der Waals surface area contributed by atoms with E-state index in [-0.39, 0.29) is 0 Å². The summed E-state index contributed by atoms with van der Waals surface area (Å²) in [6.45, 7) is 0.